The number of carbonyl (C=O) groups excluding carboxylic acids is 1. The number of allylic oxidation sites excluding steroid dienone is 1. The number of Topliss-reactive ketones (excluding diaryl/α,β-unsaturated/α-hetero) is 1. The molecule has 0 spiro atoms. The van der Waals surface area contributed by atoms with E-state index >= 15 is 0 Å². The average Bonchev–Trinajstić information content (AvgIpc) is 2.49. The van der Waals surface area contributed by atoms with Gasteiger partial charge >= 0.3 is 0 Å². The minimum atomic E-state index is -1.00. The highest BCUT2D eigenvalue weighted by Gasteiger charge is 2.43. The Morgan fingerprint density at radius 1 is 0.958 bits per heavy atom. The molecule has 0 fully saturated rings. The van der Waals surface area contributed by atoms with Crippen molar-refractivity contribution in [3.8, 4) is 11.3 Å². The number of ketones is 1. The van der Waals surface area contributed by atoms with Crippen molar-refractivity contribution in [3.05, 3.63) is 62.5 Å². The molecule has 124 valence electrons. The predicted octanol–water partition coefficient (Wildman–Crippen LogP) is 4.07. The summed E-state index contributed by atoms with van der Waals surface area (Å²) in [6.45, 7) is 8.88. The highest BCUT2D eigenvalue weighted by atomic mass is 16.3. The van der Waals surface area contributed by atoms with Gasteiger partial charge in [-0.15, -0.1) is 0 Å². The third-order valence-corrected chi connectivity index (χ3v) is 4.52. The molecule has 1 aliphatic rings. The van der Waals surface area contributed by atoms with Gasteiger partial charge in [0, 0.05) is 17.2 Å². The first-order valence-corrected chi connectivity index (χ1v) is 7.85. The molecule has 4 heteroatoms. The molecule has 1 aliphatic carbocycles. The molecule has 1 aromatic carbocycles. The van der Waals surface area contributed by atoms with Gasteiger partial charge in [0.2, 0.25) is 0 Å². The molecule has 0 saturated carbocycles. The van der Waals surface area contributed by atoms with Crippen molar-refractivity contribution in [1.29, 1.82) is 0 Å². The van der Waals surface area contributed by atoms with Crippen LogP contribution in [0, 0.1) is 13.8 Å². The zero-order valence-electron chi connectivity index (χ0n) is 14.5. The fourth-order valence-electron chi connectivity index (χ4n) is 3.28. The highest BCUT2D eigenvalue weighted by Crippen LogP contribution is 2.39. The Hall–Kier alpha value is -2.62. The van der Waals surface area contributed by atoms with Gasteiger partial charge < -0.3 is 9.52 Å². The van der Waals surface area contributed by atoms with Gasteiger partial charge in [-0.25, -0.2) is 0 Å². The van der Waals surface area contributed by atoms with Gasteiger partial charge in [-0.2, -0.15) is 0 Å². The van der Waals surface area contributed by atoms with Gasteiger partial charge in [-0.3, -0.25) is 9.59 Å². The van der Waals surface area contributed by atoms with Crippen LogP contribution in [0.5, 0.6) is 0 Å². The van der Waals surface area contributed by atoms with Crippen molar-refractivity contribution in [2.45, 2.75) is 40.0 Å². The van der Waals surface area contributed by atoms with E-state index in [-0.39, 0.29) is 33.9 Å². The SMILES string of the molecule is CC1=C(O)c2c(oc(-c3cc(C)cc(C)c3)cc2=O)C(C)(C)C1=O. The Morgan fingerprint density at radius 2 is 1.54 bits per heavy atom. The zero-order valence-corrected chi connectivity index (χ0v) is 14.5. The summed E-state index contributed by atoms with van der Waals surface area (Å²) in [5.41, 5.74) is 1.83. The predicted molar refractivity (Wildman–Crippen MR) is 93.1 cm³/mol. The number of fused-ring (bicyclic) bond motifs is 1. The average molecular weight is 324 g/mol. The quantitative estimate of drug-likeness (QED) is 0.858. The Labute approximate surface area is 140 Å². The second-order valence-corrected chi connectivity index (χ2v) is 6.98. The fraction of sp³-hybridized carbons (Fsp3) is 0.300. The molecule has 0 atom stereocenters. The van der Waals surface area contributed by atoms with E-state index in [1.165, 1.54) is 13.0 Å². The van der Waals surface area contributed by atoms with Crippen LogP contribution in [0.4, 0.5) is 0 Å². The first-order chi connectivity index (χ1) is 11.1. The molecular formula is C20H20O4. The van der Waals surface area contributed by atoms with Gasteiger partial charge in [0.15, 0.2) is 11.2 Å². The number of carbonyl (C=O) groups is 1. The van der Waals surface area contributed by atoms with Gasteiger partial charge in [0.25, 0.3) is 0 Å². The van der Waals surface area contributed by atoms with Crippen LogP contribution < -0.4 is 5.43 Å². The van der Waals surface area contributed by atoms with Crippen molar-refractivity contribution >= 4 is 11.5 Å². The van der Waals surface area contributed by atoms with Gasteiger partial charge in [0.05, 0.1) is 5.41 Å². The van der Waals surface area contributed by atoms with E-state index in [4.69, 9.17) is 4.42 Å². The van der Waals surface area contributed by atoms with E-state index in [9.17, 15) is 14.7 Å². The Kier molecular flexibility index (Phi) is 3.52. The molecule has 3 rings (SSSR count). The van der Waals surface area contributed by atoms with E-state index < -0.39 is 5.41 Å². The fourth-order valence-corrected chi connectivity index (χ4v) is 3.28. The summed E-state index contributed by atoms with van der Waals surface area (Å²) in [6, 6.07) is 7.26. The summed E-state index contributed by atoms with van der Waals surface area (Å²) >= 11 is 0. The molecule has 0 radical (unpaired) electrons. The Bertz CT molecular complexity index is 938. The second kappa shape index (κ2) is 5.20. The van der Waals surface area contributed by atoms with Crippen LogP contribution in [-0.2, 0) is 10.2 Å². The van der Waals surface area contributed by atoms with Crippen LogP contribution >= 0.6 is 0 Å². The van der Waals surface area contributed by atoms with Crippen LogP contribution in [0.15, 0.2) is 39.1 Å². The van der Waals surface area contributed by atoms with E-state index in [0.717, 1.165) is 16.7 Å². The standard InChI is InChI=1S/C20H20O4/c1-10-6-11(2)8-13(7-10)15-9-14(21)16-17(22)12(3)18(23)20(4,5)19(16)24-15/h6-9,22H,1-5H3. The molecular weight excluding hydrogens is 304 g/mol. The molecule has 0 bridgehead atoms. The molecule has 0 amide bonds. The van der Waals surface area contributed by atoms with E-state index in [2.05, 4.69) is 0 Å². The molecule has 2 aromatic rings. The van der Waals surface area contributed by atoms with Crippen molar-refractivity contribution in [2.75, 3.05) is 0 Å². The summed E-state index contributed by atoms with van der Waals surface area (Å²) in [7, 11) is 0. The lowest BCUT2D eigenvalue weighted by Gasteiger charge is -2.29. The van der Waals surface area contributed by atoms with Crippen molar-refractivity contribution in [3.63, 3.8) is 0 Å². The van der Waals surface area contributed by atoms with Crippen molar-refractivity contribution in [2.24, 2.45) is 0 Å². The topological polar surface area (TPSA) is 67.5 Å². The highest BCUT2D eigenvalue weighted by molar-refractivity contribution is 6.09. The first-order valence-electron chi connectivity index (χ1n) is 7.85. The number of hydrogen-bond donors (Lipinski definition) is 1. The molecule has 1 N–H and O–H groups in total. The number of aryl methyl sites for hydroxylation is 2. The minimum Gasteiger partial charge on any atom is -0.507 e. The van der Waals surface area contributed by atoms with Gasteiger partial charge in [-0.1, -0.05) is 17.2 Å². The summed E-state index contributed by atoms with van der Waals surface area (Å²) in [5, 5.41) is 10.3. The lowest BCUT2D eigenvalue weighted by Crippen LogP contribution is -2.37. The van der Waals surface area contributed by atoms with Crippen LogP contribution in [0.1, 0.15) is 43.2 Å². The van der Waals surface area contributed by atoms with Crippen LogP contribution in [-0.4, -0.2) is 10.9 Å². The summed E-state index contributed by atoms with van der Waals surface area (Å²) in [6.07, 6.45) is 0. The third-order valence-electron chi connectivity index (χ3n) is 4.52. The Morgan fingerprint density at radius 3 is 2.12 bits per heavy atom. The molecule has 0 unspecified atom stereocenters. The second-order valence-electron chi connectivity index (χ2n) is 6.98. The summed E-state index contributed by atoms with van der Waals surface area (Å²) in [5.74, 6) is 0.0966. The molecule has 0 aliphatic heterocycles. The number of aliphatic hydroxyl groups is 1. The van der Waals surface area contributed by atoms with Crippen LogP contribution in [0.25, 0.3) is 17.1 Å². The first kappa shape index (κ1) is 16.2. The van der Waals surface area contributed by atoms with Crippen molar-refractivity contribution < 1.29 is 14.3 Å². The van der Waals surface area contributed by atoms with E-state index in [0.29, 0.717) is 5.76 Å². The van der Waals surface area contributed by atoms with Crippen molar-refractivity contribution in [1.82, 2.24) is 0 Å². The smallest absolute Gasteiger partial charge is 0.196 e. The van der Waals surface area contributed by atoms with Gasteiger partial charge in [0.1, 0.15) is 22.8 Å². The number of rotatable bonds is 1. The monoisotopic (exact) mass is 324 g/mol. The van der Waals surface area contributed by atoms with Gasteiger partial charge in [-0.05, 0) is 46.8 Å². The van der Waals surface area contributed by atoms with Crippen LogP contribution in [0.2, 0.25) is 0 Å². The molecule has 1 heterocycles. The lowest BCUT2D eigenvalue weighted by molar-refractivity contribution is -0.120. The molecule has 0 saturated heterocycles. The molecule has 1 aromatic heterocycles. The van der Waals surface area contributed by atoms with Crippen LogP contribution in [0.3, 0.4) is 0 Å². The normalized spacial score (nSPS) is 16.3. The molecule has 24 heavy (non-hydrogen) atoms. The maximum Gasteiger partial charge on any atom is 0.196 e. The third kappa shape index (κ3) is 2.30. The summed E-state index contributed by atoms with van der Waals surface area (Å²) < 4.78 is 5.97. The maximum atomic E-state index is 12.6. The lowest BCUT2D eigenvalue weighted by atomic mass is 9.75. The minimum absolute atomic E-state index is 0.0882. The zero-order chi connectivity index (χ0) is 17.8. The number of aliphatic hydroxyl groups excluding tert-OH is 1. The Balaban J connectivity index is 2.34. The number of benzene rings is 1. The summed E-state index contributed by atoms with van der Waals surface area (Å²) in [4.78, 5) is 25.1. The number of hydrogen-bond acceptors (Lipinski definition) is 4. The maximum absolute atomic E-state index is 12.6. The van der Waals surface area contributed by atoms with E-state index in [1.54, 1.807) is 13.8 Å². The van der Waals surface area contributed by atoms with E-state index in [1.807, 2.05) is 32.0 Å². The molecule has 4 nitrogen and oxygen atoms in total. The largest absolute Gasteiger partial charge is 0.507 e.